The van der Waals surface area contributed by atoms with Gasteiger partial charge < -0.3 is 4.74 Å². The minimum atomic E-state index is -0.247. The van der Waals surface area contributed by atoms with Crippen molar-refractivity contribution in [2.75, 3.05) is 6.61 Å². The van der Waals surface area contributed by atoms with Gasteiger partial charge in [0, 0.05) is 4.88 Å². The summed E-state index contributed by atoms with van der Waals surface area (Å²) in [6, 6.07) is 0. The van der Waals surface area contributed by atoms with E-state index in [1.54, 1.807) is 0 Å². The molecule has 0 atom stereocenters. The lowest BCUT2D eigenvalue weighted by Gasteiger charge is -2.00. The highest BCUT2D eigenvalue weighted by Crippen LogP contribution is 2.29. The molecular weight excluding hydrogens is 184 g/mol. The van der Waals surface area contributed by atoms with Crippen molar-refractivity contribution >= 4 is 23.4 Å². The number of thiophene rings is 1. The van der Waals surface area contributed by atoms with Gasteiger partial charge in [-0.3, -0.25) is 0 Å². The molecule has 0 unspecified atom stereocenters. The predicted molar refractivity (Wildman–Crippen MR) is 51.8 cm³/mol. The van der Waals surface area contributed by atoms with Gasteiger partial charge in [0.15, 0.2) is 0 Å². The van der Waals surface area contributed by atoms with Crippen LogP contribution in [0.3, 0.4) is 0 Å². The molecule has 67 valence electrons. The summed E-state index contributed by atoms with van der Waals surface area (Å²) in [5, 5.41) is 2.98. The molecule has 0 aliphatic heterocycles. The highest BCUT2D eigenvalue weighted by atomic mass is 32.1. The Hall–Kier alpha value is -1.09. The van der Waals surface area contributed by atoms with Gasteiger partial charge >= 0.3 is 5.97 Å². The first-order valence-electron chi connectivity index (χ1n) is 4.20. The molecular formula is C10H9O2S. The third-order valence-corrected chi connectivity index (χ3v) is 2.84. The van der Waals surface area contributed by atoms with Crippen molar-refractivity contribution in [3.63, 3.8) is 0 Å². The fourth-order valence-corrected chi connectivity index (χ4v) is 2.23. The number of fused-ring (bicyclic) bond motifs is 1. The maximum Gasteiger partial charge on any atom is 0.339 e. The molecule has 0 saturated heterocycles. The molecule has 0 N–H and O–H groups in total. The Morgan fingerprint density at radius 1 is 1.77 bits per heavy atom. The molecule has 0 spiro atoms. The van der Waals surface area contributed by atoms with Crippen LogP contribution in [-0.4, -0.2) is 12.6 Å². The monoisotopic (exact) mass is 193 g/mol. The SMILES string of the molecule is CCOC(=O)c1[c]sc2c1CC=C2. The van der Waals surface area contributed by atoms with Gasteiger partial charge in [0.1, 0.15) is 0 Å². The van der Waals surface area contributed by atoms with E-state index < -0.39 is 0 Å². The first kappa shape index (κ1) is 8.51. The van der Waals surface area contributed by atoms with E-state index in [2.05, 4.69) is 11.5 Å². The molecule has 0 fully saturated rings. The molecule has 2 rings (SSSR count). The molecule has 13 heavy (non-hydrogen) atoms. The summed E-state index contributed by atoms with van der Waals surface area (Å²) in [5.74, 6) is -0.247. The van der Waals surface area contributed by atoms with Crippen molar-refractivity contribution in [3.8, 4) is 0 Å². The molecule has 1 aliphatic rings. The van der Waals surface area contributed by atoms with Crippen molar-refractivity contribution in [1.82, 2.24) is 0 Å². The second-order valence-electron chi connectivity index (χ2n) is 2.75. The van der Waals surface area contributed by atoms with E-state index in [9.17, 15) is 4.79 Å². The first-order valence-corrected chi connectivity index (χ1v) is 5.01. The van der Waals surface area contributed by atoms with Crippen LogP contribution in [0, 0.1) is 5.38 Å². The molecule has 1 radical (unpaired) electrons. The van der Waals surface area contributed by atoms with E-state index in [0.717, 1.165) is 16.9 Å². The molecule has 0 bridgehead atoms. The summed E-state index contributed by atoms with van der Waals surface area (Å²) in [6.45, 7) is 2.23. The van der Waals surface area contributed by atoms with Crippen molar-refractivity contribution < 1.29 is 9.53 Å². The Bertz CT molecular complexity index is 363. The van der Waals surface area contributed by atoms with Crippen molar-refractivity contribution in [3.05, 3.63) is 27.5 Å². The van der Waals surface area contributed by atoms with Gasteiger partial charge in [0.05, 0.1) is 17.6 Å². The van der Waals surface area contributed by atoms with Gasteiger partial charge in [-0.1, -0.05) is 6.08 Å². The second-order valence-corrected chi connectivity index (χ2v) is 3.60. The van der Waals surface area contributed by atoms with Crippen LogP contribution in [0.4, 0.5) is 0 Å². The topological polar surface area (TPSA) is 26.3 Å². The van der Waals surface area contributed by atoms with Crippen LogP contribution in [0.1, 0.15) is 27.7 Å². The summed E-state index contributed by atoms with van der Waals surface area (Å²) in [5.41, 5.74) is 1.69. The van der Waals surface area contributed by atoms with Crippen molar-refractivity contribution in [2.24, 2.45) is 0 Å². The van der Waals surface area contributed by atoms with Crippen LogP contribution in [0.15, 0.2) is 6.08 Å². The van der Waals surface area contributed by atoms with Gasteiger partial charge in [-0.25, -0.2) is 4.79 Å². The third kappa shape index (κ3) is 1.40. The van der Waals surface area contributed by atoms with E-state index in [1.165, 1.54) is 11.3 Å². The van der Waals surface area contributed by atoms with Crippen LogP contribution < -0.4 is 0 Å². The molecule has 3 heteroatoms. The van der Waals surface area contributed by atoms with Gasteiger partial charge in [-0.05, 0) is 25.0 Å². The summed E-state index contributed by atoms with van der Waals surface area (Å²) in [4.78, 5) is 12.5. The Balaban J connectivity index is 2.28. The maximum absolute atomic E-state index is 11.4. The van der Waals surface area contributed by atoms with E-state index in [0.29, 0.717) is 12.2 Å². The fourth-order valence-electron chi connectivity index (χ4n) is 1.34. The summed E-state index contributed by atoms with van der Waals surface area (Å²) in [7, 11) is 0. The standard InChI is InChI=1S/C10H9O2S/c1-2-12-10(11)8-6-13-9-5-3-4-7(8)9/h3,5H,2,4H2,1H3. The van der Waals surface area contributed by atoms with Gasteiger partial charge in [-0.15, -0.1) is 11.3 Å². The first-order chi connectivity index (χ1) is 6.33. The molecule has 2 nitrogen and oxygen atoms in total. The Morgan fingerprint density at radius 2 is 2.62 bits per heavy atom. The minimum Gasteiger partial charge on any atom is -0.462 e. The second kappa shape index (κ2) is 3.34. The molecule has 1 aliphatic carbocycles. The third-order valence-electron chi connectivity index (χ3n) is 1.93. The number of hydrogen-bond donors (Lipinski definition) is 0. The number of carbonyl (C=O) groups is 1. The zero-order chi connectivity index (χ0) is 9.26. The lowest BCUT2D eigenvalue weighted by atomic mass is 10.1. The molecule has 0 aromatic carbocycles. The molecule has 1 heterocycles. The van der Waals surface area contributed by atoms with Crippen molar-refractivity contribution in [1.29, 1.82) is 0 Å². The van der Waals surface area contributed by atoms with Crippen LogP contribution >= 0.6 is 11.3 Å². The van der Waals surface area contributed by atoms with Crippen molar-refractivity contribution in [2.45, 2.75) is 13.3 Å². The van der Waals surface area contributed by atoms with Crippen LogP contribution in [0.25, 0.3) is 6.08 Å². The maximum atomic E-state index is 11.4. The minimum absolute atomic E-state index is 0.247. The van der Waals surface area contributed by atoms with Crippen LogP contribution in [0.2, 0.25) is 0 Å². The smallest absolute Gasteiger partial charge is 0.339 e. The van der Waals surface area contributed by atoms with Gasteiger partial charge in [0.25, 0.3) is 0 Å². The van der Waals surface area contributed by atoms with Gasteiger partial charge in [-0.2, -0.15) is 0 Å². The summed E-state index contributed by atoms with van der Waals surface area (Å²) in [6.07, 6.45) is 4.92. The number of esters is 1. The lowest BCUT2D eigenvalue weighted by molar-refractivity contribution is 0.0525. The molecule has 0 saturated carbocycles. The number of ether oxygens (including phenoxy) is 1. The number of hydrogen-bond acceptors (Lipinski definition) is 3. The van der Waals surface area contributed by atoms with Gasteiger partial charge in [0.2, 0.25) is 0 Å². The quantitative estimate of drug-likeness (QED) is 0.674. The number of rotatable bonds is 2. The molecule has 1 aromatic heterocycles. The largest absolute Gasteiger partial charge is 0.462 e. The van der Waals surface area contributed by atoms with E-state index in [4.69, 9.17) is 4.74 Å². The normalized spacial score (nSPS) is 13.0. The molecule has 0 amide bonds. The summed E-state index contributed by atoms with van der Waals surface area (Å²) >= 11 is 1.48. The predicted octanol–water partition coefficient (Wildman–Crippen LogP) is 2.29. The summed E-state index contributed by atoms with van der Waals surface area (Å²) < 4.78 is 4.92. The zero-order valence-corrected chi connectivity index (χ0v) is 8.11. The lowest BCUT2D eigenvalue weighted by Crippen LogP contribution is -2.05. The van der Waals surface area contributed by atoms with Crippen LogP contribution in [-0.2, 0) is 11.2 Å². The average Bonchev–Trinajstić information content (AvgIpc) is 2.62. The number of allylic oxidation sites excluding steroid dienone is 1. The number of carbonyl (C=O) groups excluding carboxylic acids is 1. The van der Waals surface area contributed by atoms with E-state index in [-0.39, 0.29) is 5.97 Å². The Kier molecular flexibility index (Phi) is 2.19. The van der Waals surface area contributed by atoms with E-state index in [1.807, 2.05) is 13.0 Å². The zero-order valence-electron chi connectivity index (χ0n) is 7.29. The molecule has 1 aromatic rings. The highest BCUT2D eigenvalue weighted by molar-refractivity contribution is 7.11. The van der Waals surface area contributed by atoms with E-state index >= 15 is 0 Å². The van der Waals surface area contributed by atoms with Crippen LogP contribution in [0.5, 0.6) is 0 Å². The fraction of sp³-hybridized carbons (Fsp3) is 0.300. The average molecular weight is 193 g/mol. The Labute approximate surface area is 80.8 Å². The Morgan fingerprint density at radius 3 is 3.38 bits per heavy atom. The highest BCUT2D eigenvalue weighted by Gasteiger charge is 2.19.